The lowest BCUT2D eigenvalue weighted by molar-refractivity contribution is -0.400. The molecular weight excluding hydrogens is 236 g/mol. The highest BCUT2D eigenvalue weighted by Crippen LogP contribution is 2.16. The van der Waals surface area contributed by atoms with Crippen molar-refractivity contribution in [3.05, 3.63) is 12.2 Å². The largest absolute Gasteiger partial charge is 0.508 e. The quantitative estimate of drug-likeness (QED) is 0.317. The molecule has 0 bridgehead atoms. The van der Waals surface area contributed by atoms with Crippen LogP contribution in [0, 0.1) is 0 Å². The molecule has 0 unspecified atom stereocenters. The lowest BCUT2D eigenvalue weighted by atomic mass is 10.2. The van der Waals surface area contributed by atoms with E-state index in [0.717, 1.165) is 5.57 Å². The minimum absolute atomic E-state index is 0.0398. The maximum Gasteiger partial charge on any atom is 0.508 e. The molecule has 106 valence electrons. The van der Waals surface area contributed by atoms with Gasteiger partial charge in [0, 0.05) is 0 Å². The predicted molar refractivity (Wildman–Crippen MR) is 68.1 cm³/mol. The zero-order chi connectivity index (χ0) is 14.4. The molecule has 0 amide bonds. The second-order valence-corrected chi connectivity index (χ2v) is 5.82. The first-order chi connectivity index (χ1) is 8.02. The number of carbonyl (C=O) groups excluding carboxylic acids is 1. The maximum absolute atomic E-state index is 11.2. The molecule has 0 atom stereocenters. The first-order valence-corrected chi connectivity index (χ1v) is 5.83. The van der Waals surface area contributed by atoms with Crippen molar-refractivity contribution in [1.82, 2.24) is 0 Å². The molecule has 0 heterocycles. The van der Waals surface area contributed by atoms with E-state index >= 15 is 0 Å². The minimum atomic E-state index is -0.745. The van der Waals surface area contributed by atoms with Gasteiger partial charge >= 0.3 is 6.16 Å². The Labute approximate surface area is 109 Å². The lowest BCUT2D eigenvalue weighted by Gasteiger charge is -2.27. The molecule has 18 heavy (non-hydrogen) atoms. The van der Waals surface area contributed by atoms with E-state index < -0.39 is 17.4 Å². The van der Waals surface area contributed by atoms with Crippen molar-refractivity contribution in [1.29, 1.82) is 0 Å². The molecule has 0 saturated carbocycles. The first kappa shape index (κ1) is 16.9. The summed E-state index contributed by atoms with van der Waals surface area (Å²) in [5.74, 6) is 0. The van der Waals surface area contributed by atoms with Crippen molar-refractivity contribution in [3.8, 4) is 0 Å². The van der Waals surface area contributed by atoms with Gasteiger partial charge in [-0.05, 0) is 47.1 Å². The molecule has 0 aliphatic rings. The fourth-order valence-corrected chi connectivity index (χ4v) is 0.718. The molecule has 5 heteroatoms. The van der Waals surface area contributed by atoms with Gasteiger partial charge in [0.1, 0.15) is 18.8 Å². The molecule has 0 rings (SSSR count). The normalized spacial score (nSPS) is 12.1. The van der Waals surface area contributed by atoms with E-state index in [1.807, 2.05) is 20.8 Å². The third-order valence-corrected chi connectivity index (χ3v) is 1.49. The fraction of sp³-hybridized carbons (Fsp3) is 0.769. The van der Waals surface area contributed by atoms with Crippen LogP contribution in [0.3, 0.4) is 0 Å². The van der Waals surface area contributed by atoms with Crippen LogP contribution >= 0.6 is 0 Å². The van der Waals surface area contributed by atoms with Gasteiger partial charge in [-0.1, -0.05) is 6.58 Å². The number of rotatable bonds is 6. The van der Waals surface area contributed by atoms with Crippen molar-refractivity contribution < 1.29 is 24.0 Å². The summed E-state index contributed by atoms with van der Waals surface area (Å²) in [6.07, 6.45) is -0.745. The van der Waals surface area contributed by atoms with Crippen LogP contribution in [0.4, 0.5) is 4.79 Å². The molecule has 0 radical (unpaired) electrons. The molecule has 0 aliphatic heterocycles. The third-order valence-electron chi connectivity index (χ3n) is 1.49. The molecule has 0 aliphatic carbocycles. The molecule has 0 saturated heterocycles. The van der Waals surface area contributed by atoms with Crippen LogP contribution in [-0.2, 0) is 19.2 Å². The summed E-state index contributed by atoms with van der Waals surface area (Å²) in [5.41, 5.74) is -0.411. The Balaban J connectivity index is 3.95. The van der Waals surface area contributed by atoms with Gasteiger partial charge < -0.3 is 9.47 Å². The Kier molecular flexibility index (Phi) is 6.35. The molecule has 0 aromatic carbocycles. The van der Waals surface area contributed by atoms with Gasteiger partial charge in [0.25, 0.3) is 0 Å². The Bertz CT molecular complexity index is 288. The van der Waals surface area contributed by atoms with Gasteiger partial charge in [-0.3, -0.25) is 0 Å². The molecule has 0 N–H and O–H groups in total. The van der Waals surface area contributed by atoms with E-state index in [1.54, 1.807) is 20.8 Å². The summed E-state index contributed by atoms with van der Waals surface area (Å²) >= 11 is 0. The number of carbonyl (C=O) groups is 1. The van der Waals surface area contributed by atoms with E-state index in [0.29, 0.717) is 0 Å². The van der Waals surface area contributed by atoms with Gasteiger partial charge in [-0.25, -0.2) is 14.6 Å². The summed E-state index contributed by atoms with van der Waals surface area (Å²) in [7, 11) is 0. The van der Waals surface area contributed by atoms with Crippen LogP contribution in [-0.4, -0.2) is 30.6 Å². The molecule has 5 nitrogen and oxygen atoms in total. The van der Waals surface area contributed by atoms with E-state index in [9.17, 15) is 4.79 Å². The van der Waals surface area contributed by atoms with Gasteiger partial charge in [-0.15, -0.1) is 0 Å². The molecule has 0 spiro atoms. The highest BCUT2D eigenvalue weighted by molar-refractivity contribution is 5.60. The zero-order valence-electron chi connectivity index (χ0n) is 12.2. The van der Waals surface area contributed by atoms with Crippen molar-refractivity contribution in [2.24, 2.45) is 0 Å². The summed E-state index contributed by atoms with van der Waals surface area (Å²) in [5, 5.41) is 0. The van der Waals surface area contributed by atoms with E-state index in [2.05, 4.69) is 6.58 Å². The van der Waals surface area contributed by atoms with Crippen molar-refractivity contribution in [3.63, 3.8) is 0 Å². The Morgan fingerprint density at radius 3 is 2.06 bits per heavy atom. The second-order valence-electron chi connectivity index (χ2n) is 5.82. The van der Waals surface area contributed by atoms with Gasteiger partial charge in [0.15, 0.2) is 0 Å². The average Bonchev–Trinajstić information content (AvgIpc) is 2.20. The number of hydrogen-bond acceptors (Lipinski definition) is 5. The third kappa shape index (κ3) is 10.1. The lowest BCUT2D eigenvalue weighted by Crippen LogP contribution is -2.35. The van der Waals surface area contributed by atoms with Crippen LogP contribution in [0.25, 0.3) is 0 Å². The Morgan fingerprint density at radius 1 is 1.06 bits per heavy atom. The number of hydrogen-bond donors (Lipinski definition) is 0. The van der Waals surface area contributed by atoms with Crippen LogP contribution < -0.4 is 0 Å². The highest BCUT2D eigenvalue weighted by Gasteiger charge is 2.26. The SMILES string of the molecule is C=C(C)COC(=O)OCC(C)(C)OOC(C)(C)C. The van der Waals surface area contributed by atoms with E-state index in [-0.39, 0.29) is 13.2 Å². The van der Waals surface area contributed by atoms with Crippen molar-refractivity contribution >= 4 is 6.16 Å². The molecule has 0 aromatic heterocycles. The Hall–Kier alpha value is -1.07. The topological polar surface area (TPSA) is 54.0 Å². The standard InChI is InChI=1S/C13H24O5/c1-10(2)8-15-11(14)16-9-13(6,7)18-17-12(3,4)5/h1,8-9H2,2-7H3. The van der Waals surface area contributed by atoms with Gasteiger partial charge in [0.05, 0.1) is 5.60 Å². The number of ether oxygens (including phenoxy) is 2. The molecule has 0 aromatic rings. The first-order valence-electron chi connectivity index (χ1n) is 5.83. The Morgan fingerprint density at radius 2 is 1.61 bits per heavy atom. The van der Waals surface area contributed by atoms with Gasteiger partial charge in [0.2, 0.25) is 0 Å². The summed E-state index contributed by atoms with van der Waals surface area (Å²) in [6.45, 7) is 14.7. The predicted octanol–water partition coefficient (Wildman–Crippen LogP) is 3.24. The van der Waals surface area contributed by atoms with Crippen LogP contribution in [0.2, 0.25) is 0 Å². The van der Waals surface area contributed by atoms with Crippen LogP contribution in [0.15, 0.2) is 12.2 Å². The van der Waals surface area contributed by atoms with Crippen molar-refractivity contribution in [2.45, 2.75) is 52.7 Å². The summed E-state index contributed by atoms with van der Waals surface area (Å²) in [6, 6.07) is 0. The molecule has 0 fully saturated rings. The van der Waals surface area contributed by atoms with E-state index in [1.165, 1.54) is 0 Å². The van der Waals surface area contributed by atoms with Crippen LogP contribution in [0.5, 0.6) is 0 Å². The zero-order valence-corrected chi connectivity index (χ0v) is 12.2. The highest BCUT2D eigenvalue weighted by atomic mass is 17.2. The minimum Gasteiger partial charge on any atom is -0.431 e. The summed E-state index contributed by atoms with van der Waals surface area (Å²) < 4.78 is 9.70. The smallest absolute Gasteiger partial charge is 0.431 e. The average molecular weight is 260 g/mol. The van der Waals surface area contributed by atoms with E-state index in [4.69, 9.17) is 19.2 Å². The fourth-order valence-electron chi connectivity index (χ4n) is 0.718. The monoisotopic (exact) mass is 260 g/mol. The van der Waals surface area contributed by atoms with Gasteiger partial charge in [-0.2, -0.15) is 0 Å². The maximum atomic E-state index is 11.2. The van der Waals surface area contributed by atoms with Crippen molar-refractivity contribution in [2.75, 3.05) is 13.2 Å². The molecular formula is C13H24O5. The van der Waals surface area contributed by atoms with Crippen LogP contribution in [0.1, 0.15) is 41.5 Å². The summed E-state index contributed by atoms with van der Waals surface area (Å²) in [4.78, 5) is 21.6. The second kappa shape index (κ2) is 6.75.